The standard InChI is InChI=1S/C27H18Br2N4O8/c28-20-10-18(32(38)39)8-16(26(20)36)12-30-22-3-1-15(7-25(22)35)5-14-2-4-24(34)23(6-14)31-13-17-9-19(33(40)41)11-21(29)27(17)37/h1-4,6-13,34-37H,5H2. The van der Waals surface area contributed by atoms with Gasteiger partial charge in [-0.25, -0.2) is 0 Å². The lowest BCUT2D eigenvalue weighted by Crippen LogP contribution is -1.92. The van der Waals surface area contributed by atoms with Gasteiger partial charge in [-0.15, -0.1) is 0 Å². The number of benzene rings is 4. The van der Waals surface area contributed by atoms with Gasteiger partial charge in [0.05, 0.1) is 18.8 Å². The fourth-order valence-electron chi connectivity index (χ4n) is 3.70. The van der Waals surface area contributed by atoms with E-state index in [1.807, 2.05) is 0 Å². The normalized spacial score (nSPS) is 11.4. The monoisotopic (exact) mass is 684 g/mol. The van der Waals surface area contributed by atoms with Gasteiger partial charge in [0.1, 0.15) is 34.4 Å². The number of rotatable bonds is 8. The van der Waals surface area contributed by atoms with E-state index < -0.39 is 9.85 Å². The van der Waals surface area contributed by atoms with E-state index >= 15 is 0 Å². The Kier molecular flexibility index (Phi) is 8.64. The molecule has 14 heteroatoms. The third kappa shape index (κ3) is 6.85. The van der Waals surface area contributed by atoms with Crippen molar-refractivity contribution in [1.29, 1.82) is 0 Å². The highest BCUT2D eigenvalue weighted by molar-refractivity contribution is 9.11. The highest BCUT2D eigenvalue weighted by Gasteiger charge is 2.15. The molecule has 0 bridgehead atoms. The molecule has 12 nitrogen and oxygen atoms in total. The Hall–Kier alpha value is -4.82. The number of phenolic OH excluding ortho intramolecular Hbond substituents is 4. The molecule has 4 aromatic rings. The summed E-state index contributed by atoms with van der Waals surface area (Å²) >= 11 is 6.13. The van der Waals surface area contributed by atoms with Crippen LogP contribution in [-0.4, -0.2) is 42.7 Å². The van der Waals surface area contributed by atoms with Crippen molar-refractivity contribution in [2.24, 2.45) is 9.98 Å². The van der Waals surface area contributed by atoms with Gasteiger partial charge in [0, 0.05) is 47.8 Å². The van der Waals surface area contributed by atoms with E-state index in [1.54, 1.807) is 18.2 Å². The summed E-state index contributed by atoms with van der Waals surface area (Å²) in [6.45, 7) is 0. The summed E-state index contributed by atoms with van der Waals surface area (Å²) in [4.78, 5) is 29.3. The van der Waals surface area contributed by atoms with E-state index in [0.29, 0.717) is 17.5 Å². The molecule has 41 heavy (non-hydrogen) atoms. The van der Waals surface area contributed by atoms with E-state index in [9.17, 15) is 40.7 Å². The third-order valence-corrected chi connectivity index (χ3v) is 6.96. The highest BCUT2D eigenvalue weighted by atomic mass is 79.9. The number of nitro groups is 2. The summed E-state index contributed by atoms with van der Waals surface area (Å²) in [5.74, 6) is -0.819. The second-order valence-electron chi connectivity index (χ2n) is 8.58. The highest BCUT2D eigenvalue weighted by Crippen LogP contribution is 2.35. The summed E-state index contributed by atoms with van der Waals surface area (Å²) in [6, 6.07) is 14.0. The van der Waals surface area contributed by atoms with Crippen molar-refractivity contribution in [3.05, 3.63) is 112 Å². The first-order valence-corrected chi connectivity index (χ1v) is 13.1. The molecule has 0 spiro atoms. The van der Waals surface area contributed by atoms with Crippen LogP contribution in [0.2, 0.25) is 0 Å². The van der Waals surface area contributed by atoms with Crippen LogP contribution in [0.3, 0.4) is 0 Å². The van der Waals surface area contributed by atoms with Crippen LogP contribution < -0.4 is 0 Å². The maximum Gasteiger partial charge on any atom is 0.271 e. The predicted molar refractivity (Wildman–Crippen MR) is 158 cm³/mol. The van der Waals surface area contributed by atoms with E-state index in [0.717, 1.165) is 24.3 Å². The fourth-order valence-corrected chi connectivity index (χ4v) is 4.63. The molecular formula is C27H18Br2N4O8. The molecule has 4 N–H and O–H groups in total. The lowest BCUT2D eigenvalue weighted by molar-refractivity contribution is -0.385. The first-order chi connectivity index (χ1) is 19.4. The average molecular weight is 686 g/mol. The SMILES string of the molecule is O=[N+]([O-])c1cc(Br)c(O)c(C=Nc2ccc(Cc3ccc(O)c(N=Cc4cc([N+](=O)[O-])cc(Br)c4O)c3)cc2O)c1. The van der Waals surface area contributed by atoms with Crippen LogP contribution in [0, 0.1) is 20.2 Å². The number of hydrogen-bond donors (Lipinski definition) is 4. The molecule has 0 radical (unpaired) electrons. The molecule has 4 aromatic carbocycles. The minimum Gasteiger partial charge on any atom is -0.506 e. The second kappa shape index (κ2) is 12.1. The van der Waals surface area contributed by atoms with Crippen LogP contribution in [0.5, 0.6) is 23.0 Å². The zero-order valence-corrected chi connectivity index (χ0v) is 23.8. The van der Waals surface area contributed by atoms with Crippen LogP contribution in [-0.2, 0) is 6.42 Å². The summed E-state index contributed by atoms with van der Waals surface area (Å²) in [5.41, 5.74) is 1.36. The molecule has 0 aliphatic carbocycles. The van der Waals surface area contributed by atoms with Gasteiger partial charge in [-0.1, -0.05) is 12.1 Å². The molecule has 0 aliphatic rings. The summed E-state index contributed by atoms with van der Waals surface area (Å²) in [6.07, 6.45) is 2.72. The topological polar surface area (TPSA) is 192 Å². The summed E-state index contributed by atoms with van der Waals surface area (Å²) in [5, 5.41) is 63.4. The lowest BCUT2D eigenvalue weighted by Gasteiger charge is -2.07. The number of non-ortho nitro benzene ring substituents is 2. The van der Waals surface area contributed by atoms with Crippen LogP contribution in [0.1, 0.15) is 22.3 Å². The molecule has 0 aliphatic heterocycles. The minimum atomic E-state index is -0.609. The molecule has 0 aromatic heterocycles. The van der Waals surface area contributed by atoms with E-state index in [4.69, 9.17) is 0 Å². The zero-order valence-electron chi connectivity index (χ0n) is 20.6. The average Bonchev–Trinajstić information content (AvgIpc) is 2.92. The number of phenols is 4. The van der Waals surface area contributed by atoms with Crippen molar-refractivity contribution < 1.29 is 30.3 Å². The Morgan fingerprint density at radius 1 is 0.659 bits per heavy atom. The minimum absolute atomic E-state index is 0.0720. The molecule has 0 saturated carbocycles. The number of nitrogens with zero attached hydrogens (tertiary/aromatic N) is 4. The van der Waals surface area contributed by atoms with Gasteiger partial charge < -0.3 is 20.4 Å². The lowest BCUT2D eigenvalue weighted by atomic mass is 10.0. The molecule has 0 unspecified atom stereocenters. The van der Waals surface area contributed by atoms with Crippen molar-refractivity contribution in [1.82, 2.24) is 0 Å². The summed E-state index contributed by atoms with van der Waals surface area (Å²) < 4.78 is 0.244. The van der Waals surface area contributed by atoms with Crippen LogP contribution in [0.4, 0.5) is 22.7 Å². The Labute approximate surface area is 248 Å². The largest absolute Gasteiger partial charge is 0.506 e. The molecule has 0 amide bonds. The zero-order chi connectivity index (χ0) is 29.8. The van der Waals surface area contributed by atoms with Gasteiger partial charge in [-0.05, 0) is 73.7 Å². The molecule has 0 heterocycles. The maximum absolute atomic E-state index is 11.1. The number of nitro benzene ring substituents is 2. The second-order valence-corrected chi connectivity index (χ2v) is 10.3. The molecule has 0 fully saturated rings. The first-order valence-electron chi connectivity index (χ1n) is 11.5. The van der Waals surface area contributed by atoms with Gasteiger partial charge in [0.2, 0.25) is 0 Å². The molecule has 4 rings (SSSR count). The van der Waals surface area contributed by atoms with Gasteiger partial charge in [0.15, 0.2) is 0 Å². The van der Waals surface area contributed by atoms with Gasteiger partial charge in [-0.2, -0.15) is 0 Å². The van der Waals surface area contributed by atoms with Crippen LogP contribution in [0.15, 0.2) is 79.6 Å². The van der Waals surface area contributed by atoms with Crippen molar-refractivity contribution in [2.75, 3.05) is 0 Å². The van der Waals surface area contributed by atoms with E-state index in [2.05, 4.69) is 41.8 Å². The number of hydrogen-bond acceptors (Lipinski definition) is 10. The quantitative estimate of drug-likeness (QED) is 0.0870. The predicted octanol–water partition coefficient (Wildman–Crippen LogP) is 6.94. The van der Waals surface area contributed by atoms with Gasteiger partial charge in [-0.3, -0.25) is 30.2 Å². The molecule has 208 valence electrons. The molecule has 0 saturated heterocycles. The number of halogens is 2. The summed E-state index contributed by atoms with van der Waals surface area (Å²) in [7, 11) is 0. The van der Waals surface area contributed by atoms with Crippen LogP contribution >= 0.6 is 31.9 Å². The van der Waals surface area contributed by atoms with Crippen LogP contribution in [0.25, 0.3) is 0 Å². The smallest absolute Gasteiger partial charge is 0.271 e. The van der Waals surface area contributed by atoms with Crippen molar-refractivity contribution in [3.8, 4) is 23.0 Å². The maximum atomic E-state index is 11.1. The van der Waals surface area contributed by atoms with E-state index in [-0.39, 0.29) is 65.8 Å². The Morgan fingerprint density at radius 3 is 1.66 bits per heavy atom. The number of aliphatic imine (C=N–C) groups is 2. The van der Waals surface area contributed by atoms with Gasteiger partial charge >= 0.3 is 0 Å². The molecule has 0 atom stereocenters. The van der Waals surface area contributed by atoms with Crippen molar-refractivity contribution >= 4 is 67.0 Å². The molecular weight excluding hydrogens is 668 g/mol. The van der Waals surface area contributed by atoms with E-state index in [1.165, 1.54) is 30.6 Å². The Balaban J connectivity index is 1.55. The van der Waals surface area contributed by atoms with Crippen molar-refractivity contribution in [2.45, 2.75) is 6.42 Å². The number of aromatic hydroxyl groups is 4. The third-order valence-electron chi connectivity index (χ3n) is 5.75. The Bertz CT molecular complexity index is 1760. The van der Waals surface area contributed by atoms with Gasteiger partial charge in [0.25, 0.3) is 11.4 Å². The fraction of sp³-hybridized carbons (Fsp3) is 0.0370. The Morgan fingerprint density at radius 2 is 1.15 bits per heavy atom. The first kappa shape index (κ1) is 29.2. The van der Waals surface area contributed by atoms with Crippen molar-refractivity contribution in [3.63, 3.8) is 0 Å².